The number of hydrogen-bond donors (Lipinski definition) is 1. The minimum absolute atomic E-state index is 0.139. The Morgan fingerprint density at radius 3 is 2.39 bits per heavy atom. The molecule has 5 rings (SSSR count). The van der Waals surface area contributed by atoms with Gasteiger partial charge in [-0.25, -0.2) is 9.67 Å². The van der Waals surface area contributed by atoms with Crippen LogP contribution in [0.2, 0.25) is 0 Å². The summed E-state index contributed by atoms with van der Waals surface area (Å²) in [6, 6.07) is 18.4. The molecule has 38 heavy (non-hydrogen) atoms. The number of thiazole rings is 1. The molecule has 0 atom stereocenters. The lowest BCUT2D eigenvalue weighted by Crippen LogP contribution is -2.32. The van der Waals surface area contributed by atoms with Gasteiger partial charge in [0.25, 0.3) is 5.56 Å². The summed E-state index contributed by atoms with van der Waals surface area (Å²) < 4.78 is 14.0. The number of ether oxygens (including phenoxy) is 2. The summed E-state index contributed by atoms with van der Waals surface area (Å²) in [5.74, 6) is 1.43. The number of fused-ring (bicyclic) bond motifs is 1. The number of nitrogens with one attached hydrogen (secondary N) is 1. The predicted molar refractivity (Wildman–Crippen MR) is 147 cm³/mol. The Bertz CT molecular complexity index is 1600. The van der Waals surface area contributed by atoms with Gasteiger partial charge in [0.1, 0.15) is 11.5 Å². The summed E-state index contributed by atoms with van der Waals surface area (Å²) in [4.78, 5) is 30.5. The van der Waals surface area contributed by atoms with Crippen molar-refractivity contribution in [1.82, 2.24) is 24.5 Å². The van der Waals surface area contributed by atoms with E-state index in [1.54, 1.807) is 13.2 Å². The van der Waals surface area contributed by atoms with Crippen molar-refractivity contribution >= 4 is 22.2 Å². The highest BCUT2D eigenvalue weighted by Crippen LogP contribution is 2.26. The fraction of sp³-hybridized carbons (Fsp3) is 0.214. The maximum absolute atomic E-state index is 12.7. The summed E-state index contributed by atoms with van der Waals surface area (Å²) >= 11 is 1.49. The zero-order chi connectivity index (χ0) is 26.5. The van der Waals surface area contributed by atoms with Gasteiger partial charge in [-0.2, -0.15) is 5.10 Å². The van der Waals surface area contributed by atoms with Crippen LogP contribution in [0.1, 0.15) is 12.6 Å². The number of rotatable bonds is 10. The number of carbonyl (C=O) groups excluding carboxylic acids is 1. The Morgan fingerprint density at radius 2 is 1.68 bits per heavy atom. The van der Waals surface area contributed by atoms with E-state index in [0.29, 0.717) is 12.3 Å². The van der Waals surface area contributed by atoms with Gasteiger partial charge in [0.2, 0.25) is 5.91 Å². The molecule has 5 aromatic rings. The number of nitrogens with zero attached hydrogens (tertiary/aromatic N) is 4. The van der Waals surface area contributed by atoms with Crippen LogP contribution in [0.25, 0.3) is 27.5 Å². The molecule has 2 aromatic carbocycles. The lowest BCUT2D eigenvalue weighted by molar-refractivity contribution is -0.120. The number of carbonyl (C=O) groups is 1. The van der Waals surface area contributed by atoms with Gasteiger partial charge in [-0.3, -0.25) is 14.0 Å². The van der Waals surface area contributed by atoms with Crippen molar-refractivity contribution in [1.29, 1.82) is 0 Å². The largest absolute Gasteiger partial charge is 0.497 e. The molecule has 0 aliphatic rings. The third kappa shape index (κ3) is 5.60. The minimum atomic E-state index is -0.226. The van der Waals surface area contributed by atoms with Crippen LogP contribution in [-0.2, 0) is 17.8 Å². The van der Waals surface area contributed by atoms with Crippen molar-refractivity contribution in [3.8, 4) is 34.0 Å². The number of imidazole rings is 1. The van der Waals surface area contributed by atoms with E-state index in [9.17, 15) is 9.59 Å². The molecule has 10 heteroatoms. The van der Waals surface area contributed by atoms with Crippen molar-refractivity contribution in [2.24, 2.45) is 0 Å². The van der Waals surface area contributed by atoms with E-state index in [1.165, 1.54) is 22.1 Å². The Morgan fingerprint density at radius 1 is 0.974 bits per heavy atom. The first-order valence-electron chi connectivity index (χ1n) is 12.2. The van der Waals surface area contributed by atoms with Crippen LogP contribution in [-0.4, -0.2) is 45.3 Å². The van der Waals surface area contributed by atoms with Crippen molar-refractivity contribution < 1.29 is 14.3 Å². The van der Waals surface area contributed by atoms with Crippen molar-refractivity contribution in [2.45, 2.75) is 19.9 Å². The molecule has 0 bridgehead atoms. The van der Waals surface area contributed by atoms with Gasteiger partial charge < -0.3 is 14.8 Å². The number of amides is 1. The number of methoxy groups -OCH3 is 1. The van der Waals surface area contributed by atoms with E-state index in [2.05, 4.69) is 10.4 Å². The molecule has 0 saturated heterocycles. The van der Waals surface area contributed by atoms with Crippen LogP contribution < -0.4 is 20.3 Å². The van der Waals surface area contributed by atoms with Gasteiger partial charge in [-0.1, -0.05) is 0 Å². The molecule has 9 nitrogen and oxygen atoms in total. The Kier molecular flexibility index (Phi) is 7.50. The molecular formula is C28H27N5O4S. The Balaban J connectivity index is 1.20. The highest BCUT2D eigenvalue weighted by molar-refractivity contribution is 7.15. The van der Waals surface area contributed by atoms with E-state index in [1.807, 2.05) is 71.4 Å². The maximum Gasteiger partial charge on any atom is 0.266 e. The zero-order valence-corrected chi connectivity index (χ0v) is 21.9. The molecule has 1 amide bonds. The fourth-order valence-electron chi connectivity index (χ4n) is 4.04. The van der Waals surface area contributed by atoms with Crippen molar-refractivity contribution in [2.75, 3.05) is 20.3 Å². The molecule has 0 radical (unpaired) electrons. The first-order chi connectivity index (χ1) is 18.5. The maximum atomic E-state index is 12.7. The number of aromatic nitrogens is 4. The molecule has 0 spiro atoms. The normalized spacial score (nSPS) is 11.0. The van der Waals surface area contributed by atoms with Crippen LogP contribution in [0.4, 0.5) is 0 Å². The average molecular weight is 530 g/mol. The Labute approximate surface area is 223 Å². The second-order valence-electron chi connectivity index (χ2n) is 8.50. The summed E-state index contributed by atoms with van der Waals surface area (Å²) in [5, 5.41) is 9.29. The molecule has 0 aliphatic carbocycles. The van der Waals surface area contributed by atoms with Crippen LogP contribution in [0, 0.1) is 0 Å². The first kappa shape index (κ1) is 25.2. The van der Waals surface area contributed by atoms with Gasteiger partial charge in [0.05, 0.1) is 38.1 Å². The van der Waals surface area contributed by atoms with Crippen molar-refractivity contribution in [3.05, 3.63) is 88.3 Å². The van der Waals surface area contributed by atoms with Gasteiger partial charge in [-0.05, 0) is 61.5 Å². The highest BCUT2D eigenvalue weighted by Gasteiger charge is 2.13. The van der Waals surface area contributed by atoms with Crippen LogP contribution in [0.15, 0.2) is 77.0 Å². The Hall–Kier alpha value is -4.44. The topological polar surface area (TPSA) is 99.8 Å². The fourth-order valence-corrected chi connectivity index (χ4v) is 4.91. The molecule has 1 N–H and O–H groups in total. The van der Waals surface area contributed by atoms with E-state index in [-0.39, 0.29) is 31.0 Å². The predicted octanol–water partition coefficient (Wildman–Crippen LogP) is 4.05. The first-order valence-corrected chi connectivity index (χ1v) is 13.1. The molecule has 194 valence electrons. The summed E-state index contributed by atoms with van der Waals surface area (Å²) in [6.07, 6.45) is 2.14. The third-order valence-corrected chi connectivity index (χ3v) is 6.87. The van der Waals surface area contributed by atoms with E-state index >= 15 is 0 Å². The number of benzene rings is 2. The van der Waals surface area contributed by atoms with Crippen LogP contribution >= 0.6 is 11.3 Å². The summed E-state index contributed by atoms with van der Waals surface area (Å²) in [7, 11) is 1.61. The molecule has 3 heterocycles. The smallest absolute Gasteiger partial charge is 0.266 e. The van der Waals surface area contributed by atoms with E-state index in [4.69, 9.17) is 14.5 Å². The second-order valence-corrected chi connectivity index (χ2v) is 9.33. The van der Waals surface area contributed by atoms with E-state index < -0.39 is 0 Å². The molecule has 0 aliphatic heterocycles. The van der Waals surface area contributed by atoms with Gasteiger partial charge >= 0.3 is 0 Å². The minimum Gasteiger partial charge on any atom is -0.497 e. The summed E-state index contributed by atoms with van der Waals surface area (Å²) in [5.41, 5.74) is 3.98. The molecule has 0 fully saturated rings. The highest BCUT2D eigenvalue weighted by atomic mass is 32.1. The third-order valence-electron chi connectivity index (χ3n) is 5.98. The molecule has 0 unspecified atom stereocenters. The van der Waals surface area contributed by atoms with Crippen LogP contribution in [0.5, 0.6) is 11.5 Å². The molecule has 3 aromatic heterocycles. The average Bonchev–Trinajstić information content (AvgIpc) is 3.52. The lowest BCUT2D eigenvalue weighted by atomic mass is 10.1. The number of hydrogen-bond acceptors (Lipinski definition) is 7. The van der Waals surface area contributed by atoms with E-state index in [0.717, 1.165) is 39.0 Å². The molecular weight excluding hydrogens is 502 g/mol. The zero-order valence-electron chi connectivity index (χ0n) is 21.1. The van der Waals surface area contributed by atoms with Gasteiger partial charge in [0.15, 0.2) is 4.96 Å². The monoisotopic (exact) mass is 529 g/mol. The van der Waals surface area contributed by atoms with Gasteiger partial charge in [0, 0.05) is 41.0 Å². The second kappa shape index (κ2) is 11.3. The lowest BCUT2D eigenvalue weighted by Gasteiger charge is -2.09. The standard InChI is InChI=1S/C28H27N5O4S/c1-3-37-23-10-6-20(7-11-23)25-17-32-21(18-38-28(32)30-25)16-26(34)29-14-15-33-27(35)13-12-24(31-33)19-4-8-22(36-2)9-5-19/h4-13,17-18H,3,14-16H2,1-2H3,(H,29,34). The van der Waals surface area contributed by atoms with Gasteiger partial charge in [-0.15, -0.1) is 11.3 Å². The van der Waals surface area contributed by atoms with Crippen molar-refractivity contribution in [3.63, 3.8) is 0 Å². The quantitative estimate of drug-likeness (QED) is 0.293. The van der Waals surface area contributed by atoms with Crippen LogP contribution in [0.3, 0.4) is 0 Å². The summed E-state index contributed by atoms with van der Waals surface area (Å²) in [6.45, 7) is 3.12. The SMILES string of the molecule is CCOc1ccc(-c2cn3c(CC(=O)NCCn4nc(-c5ccc(OC)cc5)ccc4=O)csc3n2)cc1. The molecule has 0 saturated carbocycles.